The summed E-state index contributed by atoms with van der Waals surface area (Å²) in [6.45, 7) is 3.74. The zero-order valence-electron chi connectivity index (χ0n) is 11.9. The van der Waals surface area contributed by atoms with Crippen LogP contribution in [0.2, 0.25) is 5.02 Å². The summed E-state index contributed by atoms with van der Waals surface area (Å²) in [5, 5.41) is 5.35. The molecule has 0 bridgehead atoms. The van der Waals surface area contributed by atoms with Crippen molar-refractivity contribution in [2.24, 2.45) is 5.92 Å². The summed E-state index contributed by atoms with van der Waals surface area (Å²) in [6.07, 6.45) is 4.58. The molecule has 1 aromatic heterocycles. The minimum atomic E-state index is 0.709. The maximum absolute atomic E-state index is 6.17. The van der Waals surface area contributed by atoms with Gasteiger partial charge in [0.05, 0.1) is 0 Å². The molecule has 1 aliphatic rings. The molecule has 0 saturated carbocycles. The van der Waals surface area contributed by atoms with Gasteiger partial charge in [0.25, 0.3) is 0 Å². The molecule has 0 amide bonds. The topological polar surface area (TPSA) is 26.2 Å². The Morgan fingerprint density at radius 2 is 2.15 bits per heavy atom. The summed E-state index contributed by atoms with van der Waals surface area (Å²) in [6, 6.07) is 6.18. The van der Waals surface area contributed by atoms with Crippen LogP contribution in [-0.4, -0.2) is 24.8 Å². The largest absolute Gasteiger partial charge is 0.381 e. The van der Waals surface area contributed by atoms with Gasteiger partial charge in [0, 0.05) is 48.4 Å². The smallest absolute Gasteiger partial charge is 0.0498 e. The number of nitrogens with zero attached hydrogens (tertiary/aromatic N) is 1. The van der Waals surface area contributed by atoms with Gasteiger partial charge in [-0.25, -0.2) is 0 Å². The van der Waals surface area contributed by atoms with Crippen LogP contribution in [0.15, 0.2) is 24.4 Å². The van der Waals surface area contributed by atoms with E-state index in [-0.39, 0.29) is 0 Å². The number of fused-ring (bicyclic) bond motifs is 1. The average molecular weight is 293 g/mol. The van der Waals surface area contributed by atoms with E-state index in [2.05, 4.69) is 28.2 Å². The second-order valence-corrected chi connectivity index (χ2v) is 5.99. The van der Waals surface area contributed by atoms with Crippen molar-refractivity contribution < 1.29 is 4.74 Å². The SMILES string of the molecule is CNCc1cn(CC2CCOCC2)c2cc(Cl)ccc12. The van der Waals surface area contributed by atoms with E-state index in [4.69, 9.17) is 16.3 Å². The molecule has 1 aromatic carbocycles. The van der Waals surface area contributed by atoms with Gasteiger partial charge < -0.3 is 14.6 Å². The molecule has 0 radical (unpaired) electrons. The molecule has 108 valence electrons. The van der Waals surface area contributed by atoms with Crippen molar-refractivity contribution in [3.8, 4) is 0 Å². The fourth-order valence-corrected chi connectivity index (χ4v) is 3.20. The number of aromatic nitrogens is 1. The van der Waals surface area contributed by atoms with E-state index in [1.54, 1.807) is 0 Å². The molecule has 3 rings (SSSR count). The van der Waals surface area contributed by atoms with Crippen molar-refractivity contribution in [2.45, 2.75) is 25.9 Å². The van der Waals surface area contributed by atoms with Gasteiger partial charge in [-0.1, -0.05) is 17.7 Å². The summed E-state index contributed by atoms with van der Waals surface area (Å²) >= 11 is 6.17. The van der Waals surface area contributed by atoms with Gasteiger partial charge in [-0.2, -0.15) is 0 Å². The molecule has 1 N–H and O–H groups in total. The fourth-order valence-electron chi connectivity index (χ4n) is 3.03. The Morgan fingerprint density at radius 3 is 2.90 bits per heavy atom. The maximum Gasteiger partial charge on any atom is 0.0498 e. The predicted molar refractivity (Wildman–Crippen MR) is 83.3 cm³/mol. The monoisotopic (exact) mass is 292 g/mol. The maximum atomic E-state index is 6.17. The molecule has 0 aliphatic carbocycles. The van der Waals surface area contributed by atoms with Crippen LogP contribution in [0.4, 0.5) is 0 Å². The number of ether oxygens (including phenoxy) is 1. The summed E-state index contributed by atoms with van der Waals surface area (Å²) < 4.78 is 7.81. The highest BCUT2D eigenvalue weighted by Gasteiger charge is 2.16. The second kappa shape index (κ2) is 6.17. The van der Waals surface area contributed by atoms with Gasteiger partial charge in [-0.15, -0.1) is 0 Å². The Hall–Kier alpha value is -1.03. The molecule has 2 aromatic rings. The third kappa shape index (κ3) is 2.85. The van der Waals surface area contributed by atoms with Gasteiger partial charge in [0.15, 0.2) is 0 Å². The lowest BCUT2D eigenvalue weighted by molar-refractivity contribution is 0.0616. The van der Waals surface area contributed by atoms with Crippen LogP contribution in [0.25, 0.3) is 10.9 Å². The van der Waals surface area contributed by atoms with E-state index in [0.717, 1.165) is 44.2 Å². The van der Waals surface area contributed by atoms with Crippen molar-refractivity contribution in [1.82, 2.24) is 9.88 Å². The first-order valence-corrected chi connectivity index (χ1v) is 7.65. The number of halogens is 1. The third-order valence-corrected chi connectivity index (χ3v) is 4.32. The highest BCUT2D eigenvalue weighted by Crippen LogP contribution is 2.27. The number of hydrogen-bond donors (Lipinski definition) is 1. The first kappa shape index (κ1) is 13.9. The summed E-state index contributed by atoms with van der Waals surface area (Å²) in [4.78, 5) is 0. The molecule has 1 saturated heterocycles. The molecule has 1 fully saturated rings. The molecule has 4 heteroatoms. The summed E-state index contributed by atoms with van der Waals surface area (Å²) in [5.41, 5.74) is 2.58. The second-order valence-electron chi connectivity index (χ2n) is 5.55. The van der Waals surface area contributed by atoms with Crippen LogP contribution in [0.3, 0.4) is 0 Å². The summed E-state index contributed by atoms with van der Waals surface area (Å²) in [7, 11) is 1.98. The Labute approximate surface area is 124 Å². The quantitative estimate of drug-likeness (QED) is 0.934. The van der Waals surface area contributed by atoms with Gasteiger partial charge in [0.2, 0.25) is 0 Å². The lowest BCUT2D eigenvalue weighted by Crippen LogP contribution is -2.20. The van der Waals surface area contributed by atoms with Crippen LogP contribution >= 0.6 is 11.6 Å². The van der Waals surface area contributed by atoms with Crippen LogP contribution < -0.4 is 5.32 Å². The zero-order valence-corrected chi connectivity index (χ0v) is 12.6. The number of benzene rings is 1. The van der Waals surface area contributed by atoms with Crippen molar-refractivity contribution in [3.05, 3.63) is 35.0 Å². The highest BCUT2D eigenvalue weighted by atomic mass is 35.5. The standard InChI is InChI=1S/C16H21ClN2O/c1-18-9-13-11-19(10-12-4-6-20-7-5-12)16-8-14(17)2-3-15(13)16/h2-3,8,11-12,18H,4-7,9-10H2,1H3. The Bertz CT molecular complexity index is 587. The number of nitrogens with one attached hydrogen (secondary N) is 1. The lowest BCUT2D eigenvalue weighted by Gasteiger charge is -2.22. The molecule has 0 unspecified atom stereocenters. The number of rotatable bonds is 4. The van der Waals surface area contributed by atoms with Crippen LogP contribution in [0.1, 0.15) is 18.4 Å². The Morgan fingerprint density at radius 1 is 1.35 bits per heavy atom. The molecular formula is C16H21ClN2O. The molecule has 1 aliphatic heterocycles. The Balaban J connectivity index is 1.93. The average Bonchev–Trinajstić information content (AvgIpc) is 2.78. The molecule has 20 heavy (non-hydrogen) atoms. The van der Waals surface area contributed by atoms with E-state index in [1.807, 2.05) is 13.1 Å². The van der Waals surface area contributed by atoms with E-state index < -0.39 is 0 Å². The molecule has 0 atom stereocenters. The van der Waals surface area contributed by atoms with Gasteiger partial charge in [0.1, 0.15) is 0 Å². The third-order valence-electron chi connectivity index (χ3n) is 4.09. The van der Waals surface area contributed by atoms with Crippen LogP contribution in [-0.2, 0) is 17.8 Å². The van der Waals surface area contributed by atoms with E-state index in [9.17, 15) is 0 Å². The highest BCUT2D eigenvalue weighted by molar-refractivity contribution is 6.31. The Kier molecular flexibility index (Phi) is 4.29. The molecule has 3 nitrogen and oxygen atoms in total. The molecule has 0 spiro atoms. The minimum Gasteiger partial charge on any atom is -0.381 e. The minimum absolute atomic E-state index is 0.709. The lowest BCUT2D eigenvalue weighted by atomic mass is 10.0. The fraction of sp³-hybridized carbons (Fsp3) is 0.500. The molecule has 2 heterocycles. The predicted octanol–water partition coefficient (Wildman–Crippen LogP) is 3.44. The normalized spacial score (nSPS) is 16.9. The van der Waals surface area contributed by atoms with Crippen molar-refractivity contribution in [1.29, 1.82) is 0 Å². The van der Waals surface area contributed by atoms with Crippen molar-refractivity contribution >= 4 is 22.5 Å². The first-order valence-electron chi connectivity index (χ1n) is 7.27. The number of hydrogen-bond acceptors (Lipinski definition) is 2. The zero-order chi connectivity index (χ0) is 13.9. The van der Waals surface area contributed by atoms with E-state index >= 15 is 0 Å². The van der Waals surface area contributed by atoms with Gasteiger partial charge in [-0.3, -0.25) is 0 Å². The summed E-state index contributed by atoms with van der Waals surface area (Å²) in [5.74, 6) is 0.709. The van der Waals surface area contributed by atoms with E-state index in [1.165, 1.54) is 16.5 Å². The van der Waals surface area contributed by atoms with Gasteiger partial charge >= 0.3 is 0 Å². The van der Waals surface area contributed by atoms with Crippen LogP contribution in [0, 0.1) is 5.92 Å². The van der Waals surface area contributed by atoms with Gasteiger partial charge in [-0.05, 0) is 43.5 Å². The van der Waals surface area contributed by atoms with Crippen molar-refractivity contribution in [2.75, 3.05) is 20.3 Å². The molecular weight excluding hydrogens is 272 g/mol. The van der Waals surface area contributed by atoms with E-state index in [0.29, 0.717) is 5.92 Å². The first-order chi connectivity index (χ1) is 9.78. The van der Waals surface area contributed by atoms with Crippen molar-refractivity contribution in [3.63, 3.8) is 0 Å². The van der Waals surface area contributed by atoms with Crippen LogP contribution in [0.5, 0.6) is 0 Å².